The predicted octanol–water partition coefficient (Wildman–Crippen LogP) is 1.99. The summed E-state index contributed by atoms with van der Waals surface area (Å²) < 4.78 is 12.8. The molecule has 0 aliphatic rings. The van der Waals surface area contributed by atoms with E-state index in [2.05, 4.69) is 5.10 Å². The average Bonchev–Trinajstić information content (AvgIpc) is 2.89. The van der Waals surface area contributed by atoms with Gasteiger partial charge in [-0.2, -0.15) is 5.10 Å². The first-order valence-electron chi connectivity index (χ1n) is 6.29. The van der Waals surface area contributed by atoms with Crippen LogP contribution in [0.3, 0.4) is 0 Å². The molecule has 0 amide bonds. The fourth-order valence-corrected chi connectivity index (χ4v) is 1.94. The molecule has 0 spiro atoms. The first-order chi connectivity index (χ1) is 9.26. The van der Waals surface area contributed by atoms with E-state index in [1.807, 2.05) is 41.9 Å². The van der Waals surface area contributed by atoms with E-state index in [9.17, 15) is 0 Å². The minimum atomic E-state index is -0.280. The topological polar surface area (TPSA) is 62.3 Å². The van der Waals surface area contributed by atoms with Crippen molar-refractivity contribution in [3.63, 3.8) is 0 Å². The number of aromatic nitrogens is 2. The van der Waals surface area contributed by atoms with Crippen molar-refractivity contribution in [3.8, 4) is 11.5 Å². The molecule has 0 saturated carbocycles. The van der Waals surface area contributed by atoms with E-state index in [0.717, 1.165) is 18.0 Å². The van der Waals surface area contributed by atoms with Crippen LogP contribution in [0.4, 0.5) is 0 Å². The number of aryl methyl sites for hydroxylation is 1. The Balaban J connectivity index is 2.07. The lowest BCUT2D eigenvalue weighted by Gasteiger charge is -2.16. The van der Waals surface area contributed by atoms with Crippen LogP contribution >= 0.6 is 0 Å². The van der Waals surface area contributed by atoms with Gasteiger partial charge in [-0.1, -0.05) is 18.2 Å². The summed E-state index contributed by atoms with van der Waals surface area (Å²) in [6.45, 7) is 3.14. The van der Waals surface area contributed by atoms with Crippen LogP contribution in [0.25, 0.3) is 0 Å². The smallest absolute Gasteiger partial charge is 0.161 e. The van der Waals surface area contributed by atoms with Crippen molar-refractivity contribution in [3.05, 3.63) is 42.2 Å². The third-order valence-corrected chi connectivity index (χ3v) is 2.89. The minimum absolute atomic E-state index is 0.280. The fourth-order valence-electron chi connectivity index (χ4n) is 1.94. The molecule has 2 rings (SSSR count). The number of para-hydroxylation sites is 1. The monoisotopic (exact) mass is 261 g/mol. The number of hydrogen-bond acceptors (Lipinski definition) is 4. The molecular weight excluding hydrogens is 242 g/mol. The lowest BCUT2D eigenvalue weighted by molar-refractivity contribution is 0.280. The first kappa shape index (κ1) is 13.4. The maximum atomic E-state index is 6.17. The highest BCUT2D eigenvalue weighted by Gasteiger charge is 2.18. The molecule has 0 aliphatic heterocycles. The second-order valence-corrected chi connectivity index (χ2v) is 4.14. The number of rotatable bonds is 6. The number of benzene rings is 1. The van der Waals surface area contributed by atoms with Crippen LogP contribution < -0.4 is 15.2 Å². The Bertz CT molecular complexity index is 489. The van der Waals surface area contributed by atoms with E-state index in [4.69, 9.17) is 15.2 Å². The lowest BCUT2D eigenvalue weighted by Crippen LogP contribution is -2.23. The highest BCUT2D eigenvalue weighted by atomic mass is 16.5. The van der Waals surface area contributed by atoms with Gasteiger partial charge >= 0.3 is 0 Å². The zero-order valence-corrected chi connectivity index (χ0v) is 11.2. The maximum Gasteiger partial charge on any atom is 0.161 e. The zero-order chi connectivity index (χ0) is 13.7. The Hall–Kier alpha value is -2.01. The summed E-state index contributed by atoms with van der Waals surface area (Å²) in [5.41, 5.74) is 7.04. The van der Waals surface area contributed by atoms with E-state index in [0.29, 0.717) is 12.4 Å². The Morgan fingerprint density at radius 2 is 2.05 bits per heavy atom. The Labute approximate surface area is 112 Å². The summed E-state index contributed by atoms with van der Waals surface area (Å²) in [6, 6.07) is 9.33. The summed E-state index contributed by atoms with van der Waals surface area (Å²) in [4.78, 5) is 0. The van der Waals surface area contributed by atoms with Gasteiger partial charge in [-0.3, -0.25) is 4.68 Å². The predicted molar refractivity (Wildman–Crippen MR) is 73.3 cm³/mol. The van der Waals surface area contributed by atoms with Crippen LogP contribution in [0.2, 0.25) is 0 Å². The summed E-state index contributed by atoms with van der Waals surface area (Å²) in [7, 11) is 1.62. The molecule has 0 bridgehead atoms. The van der Waals surface area contributed by atoms with Crippen LogP contribution in [-0.2, 0) is 6.54 Å². The molecule has 0 saturated heterocycles. The molecular formula is C14H19N3O2. The Kier molecular flexibility index (Phi) is 4.41. The van der Waals surface area contributed by atoms with Crippen LogP contribution in [0, 0.1) is 0 Å². The number of nitrogens with zero attached hydrogens (tertiary/aromatic N) is 2. The third kappa shape index (κ3) is 3.06. The zero-order valence-electron chi connectivity index (χ0n) is 11.2. The summed E-state index contributed by atoms with van der Waals surface area (Å²) >= 11 is 0. The van der Waals surface area contributed by atoms with Crippen LogP contribution in [0.5, 0.6) is 11.5 Å². The van der Waals surface area contributed by atoms with Crippen molar-refractivity contribution in [1.29, 1.82) is 0 Å². The average molecular weight is 261 g/mol. The van der Waals surface area contributed by atoms with Gasteiger partial charge in [-0.15, -0.1) is 0 Å². The van der Waals surface area contributed by atoms with Gasteiger partial charge in [0.2, 0.25) is 0 Å². The molecule has 1 aromatic heterocycles. The number of nitrogens with two attached hydrogens (primary N) is 1. The Morgan fingerprint density at radius 3 is 2.68 bits per heavy atom. The van der Waals surface area contributed by atoms with Crippen LogP contribution in [0.1, 0.15) is 18.7 Å². The van der Waals surface area contributed by atoms with Gasteiger partial charge in [0.15, 0.2) is 5.75 Å². The molecule has 2 N–H and O–H groups in total. The van der Waals surface area contributed by atoms with Gasteiger partial charge in [0.05, 0.1) is 19.3 Å². The first-order valence-corrected chi connectivity index (χ1v) is 6.29. The SMILES string of the molecule is CCn1ncc(OC)c1C(N)COc1ccccc1. The fraction of sp³-hybridized carbons (Fsp3) is 0.357. The highest BCUT2D eigenvalue weighted by Crippen LogP contribution is 2.24. The second-order valence-electron chi connectivity index (χ2n) is 4.14. The van der Waals surface area contributed by atoms with Crippen molar-refractivity contribution < 1.29 is 9.47 Å². The largest absolute Gasteiger partial charge is 0.493 e. The van der Waals surface area contributed by atoms with Crippen molar-refractivity contribution in [1.82, 2.24) is 9.78 Å². The second kappa shape index (κ2) is 6.24. The summed E-state index contributed by atoms with van der Waals surface area (Å²) in [5, 5.41) is 4.24. The van der Waals surface area contributed by atoms with Gasteiger partial charge in [0.25, 0.3) is 0 Å². The molecule has 19 heavy (non-hydrogen) atoms. The summed E-state index contributed by atoms with van der Waals surface area (Å²) in [5.74, 6) is 1.51. The molecule has 5 nitrogen and oxygen atoms in total. The van der Waals surface area contributed by atoms with Crippen molar-refractivity contribution in [2.45, 2.75) is 19.5 Å². The number of ether oxygens (including phenoxy) is 2. The minimum Gasteiger partial charge on any atom is -0.493 e. The van der Waals surface area contributed by atoms with Crippen LogP contribution in [0.15, 0.2) is 36.5 Å². The van der Waals surface area contributed by atoms with Crippen molar-refractivity contribution in [2.75, 3.05) is 13.7 Å². The molecule has 5 heteroatoms. The summed E-state index contributed by atoms with van der Waals surface area (Å²) in [6.07, 6.45) is 1.68. The van der Waals surface area contributed by atoms with E-state index in [1.165, 1.54) is 0 Å². The van der Waals surface area contributed by atoms with E-state index in [1.54, 1.807) is 13.3 Å². The molecule has 1 atom stereocenters. The number of hydrogen-bond donors (Lipinski definition) is 1. The quantitative estimate of drug-likeness (QED) is 0.863. The van der Waals surface area contributed by atoms with E-state index >= 15 is 0 Å². The molecule has 0 radical (unpaired) electrons. The van der Waals surface area contributed by atoms with E-state index in [-0.39, 0.29) is 6.04 Å². The van der Waals surface area contributed by atoms with Crippen molar-refractivity contribution >= 4 is 0 Å². The number of methoxy groups -OCH3 is 1. The van der Waals surface area contributed by atoms with Crippen molar-refractivity contribution in [2.24, 2.45) is 5.73 Å². The molecule has 102 valence electrons. The van der Waals surface area contributed by atoms with Gasteiger partial charge < -0.3 is 15.2 Å². The van der Waals surface area contributed by atoms with Gasteiger partial charge in [0.1, 0.15) is 18.1 Å². The lowest BCUT2D eigenvalue weighted by atomic mass is 10.2. The molecule has 2 aromatic rings. The standard InChI is InChI=1S/C14H19N3O2/c1-3-17-14(13(18-2)9-16-17)12(15)10-19-11-7-5-4-6-8-11/h4-9,12H,3,10,15H2,1-2H3. The molecule has 0 fully saturated rings. The van der Waals surface area contributed by atoms with Gasteiger partial charge in [0, 0.05) is 6.54 Å². The van der Waals surface area contributed by atoms with E-state index < -0.39 is 0 Å². The molecule has 1 heterocycles. The highest BCUT2D eigenvalue weighted by molar-refractivity contribution is 5.28. The maximum absolute atomic E-state index is 6.17. The van der Waals surface area contributed by atoms with Gasteiger partial charge in [-0.25, -0.2) is 0 Å². The third-order valence-electron chi connectivity index (χ3n) is 2.89. The molecule has 1 aromatic carbocycles. The molecule has 0 aliphatic carbocycles. The molecule has 1 unspecified atom stereocenters. The Morgan fingerprint density at radius 1 is 1.32 bits per heavy atom. The normalized spacial score (nSPS) is 12.2. The van der Waals surface area contributed by atoms with Gasteiger partial charge in [-0.05, 0) is 19.1 Å². The van der Waals surface area contributed by atoms with Crippen LogP contribution in [-0.4, -0.2) is 23.5 Å².